The van der Waals surface area contributed by atoms with Crippen LogP contribution in [0.25, 0.3) is 0 Å². The Balaban J connectivity index is 1.38. The Kier molecular flexibility index (Phi) is 5.56. The van der Waals surface area contributed by atoms with Gasteiger partial charge in [0.2, 0.25) is 0 Å². The number of amides is 1. The first kappa shape index (κ1) is 20.3. The maximum atomic E-state index is 13.5. The molecule has 0 unspecified atom stereocenters. The number of hydrogen-bond donors (Lipinski definition) is 0. The molecule has 0 saturated carbocycles. The minimum atomic E-state index is -0.249. The van der Waals surface area contributed by atoms with E-state index in [0.717, 1.165) is 73.1 Å². The SMILES string of the molecule is Cc1nc(Cc2ccc(F)cc2)sc1C(=O)N1CCC[C@@H]1c1nnc2n1CCCCC2. The molecule has 2 aliphatic rings. The molecule has 2 aliphatic heterocycles. The summed E-state index contributed by atoms with van der Waals surface area (Å²) in [6.07, 6.45) is 6.96. The van der Waals surface area contributed by atoms with Crippen molar-refractivity contribution in [3.8, 4) is 0 Å². The van der Waals surface area contributed by atoms with Crippen molar-refractivity contribution in [3.05, 3.63) is 62.9 Å². The van der Waals surface area contributed by atoms with Crippen LogP contribution in [0.3, 0.4) is 0 Å². The fourth-order valence-electron chi connectivity index (χ4n) is 4.67. The van der Waals surface area contributed by atoms with Gasteiger partial charge in [0, 0.05) is 25.9 Å². The highest BCUT2D eigenvalue weighted by Gasteiger charge is 2.36. The van der Waals surface area contributed by atoms with E-state index >= 15 is 0 Å². The van der Waals surface area contributed by atoms with Crippen molar-refractivity contribution >= 4 is 17.2 Å². The highest BCUT2D eigenvalue weighted by atomic mass is 32.1. The van der Waals surface area contributed by atoms with Gasteiger partial charge in [0.05, 0.1) is 16.7 Å². The van der Waals surface area contributed by atoms with Gasteiger partial charge in [-0.15, -0.1) is 21.5 Å². The Morgan fingerprint density at radius 2 is 1.97 bits per heavy atom. The number of aryl methyl sites for hydroxylation is 2. The lowest BCUT2D eigenvalue weighted by Gasteiger charge is -2.24. The number of carbonyl (C=O) groups excluding carboxylic acids is 1. The second-order valence-electron chi connectivity index (χ2n) is 8.42. The number of hydrogen-bond acceptors (Lipinski definition) is 5. The van der Waals surface area contributed by atoms with Crippen LogP contribution in [0, 0.1) is 12.7 Å². The van der Waals surface area contributed by atoms with Crippen LogP contribution in [-0.4, -0.2) is 37.1 Å². The normalized spacial score (nSPS) is 18.8. The van der Waals surface area contributed by atoms with Crippen molar-refractivity contribution in [2.75, 3.05) is 6.54 Å². The van der Waals surface area contributed by atoms with Crippen LogP contribution >= 0.6 is 11.3 Å². The molecule has 0 aliphatic carbocycles. The average molecular weight is 440 g/mol. The van der Waals surface area contributed by atoms with Crippen molar-refractivity contribution in [3.63, 3.8) is 0 Å². The minimum Gasteiger partial charge on any atom is -0.328 e. The zero-order chi connectivity index (χ0) is 21.4. The molecule has 0 bridgehead atoms. The second kappa shape index (κ2) is 8.49. The van der Waals surface area contributed by atoms with Crippen LogP contribution in [0.5, 0.6) is 0 Å². The Morgan fingerprint density at radius 1 is 1.13 bits per heavy atom. The maximum Gasteiger partial charge on any atom is 0.266 e. The standard InChI is InChI=1S/C23H26FN5OS/c1-15-21(31-20(25-15)14-16-8-10-17(24)11-9-16)23(30)28-13-5-6-18(28)22-27-26-19-7-3-2-4-12-29(19)22/h8-11,18H,2-7,12-14H2,1H3/t18-/m1/s1. The lowest BCUT2D eigenvalue weighted by Crippen LogP contribution is -2.32. The summed E-state index contributed by atoms with van der Waals surface area (Å²) in [4.78, 5) is 20.8. The molecule has 5 rings (SSSR count). The van der Waals surface area contributed by atoms with Gasteiger partial charge in [-0.3, -0.25) is 4.79 Å². The van der Waals surface area contributed by atoms with E-state index in [-0.39, 0.29) is 17.8 Å². The van der Waals surface area contributed by atoms with Crippen LogP contribution in [0.15, 0.2) is 24.3 Å². The largest absolute Gasteiger partial charge is 0.328 e. The number of likely N-dealkylation sites (tertiary alicyclic amines) is 1. The fourth-order valence-corrected chi connectivity index (χ4v) is 5.72. The Labute approximate surface area is 185 Å². The molecule has 1 atom stereocenters. The summed E-state index contributed by atoms with van der Waals surface area (Å²) in [5, 5.41) is 9.83. The molecule has 31 heavy (non-hydrogen) atoms. The summed E-state index contributed by atoms with van der Waals surface area (Å²) in [6.45, 7) is 3.57. The Bertz CT molecular complexity index is 1090. The fraction of sp³-hybridized carbons (Fsp3) is 0.478. The number of benzene rings is 1. The third kappa shape index (κ3) is 4.01. The third-order valence-electron chi connectivity index (χ3n) is 6.25. The number of halogens is 1. The van der Waals surface area contributed by atoms with E-state index in [9.17, 15) is 9.18 Å². The van der Waals surface area contributed by atoms with Crippen molar-refractivity contribution in [2.24, 2.45) is 0 Å². The van der Waals surface area contributed by atoms with E-state index < -0.39 is 0 Å². The monoisotopic (exact) mass is 439 g/mol. The molecule has 0 N–H and O–H groups in total. The molecule has 3 aromatic rings. The molecule has 162 valence electrons. The lowest BCUT2D eigenvalue weighted by atomic mass is 10.1. The van der Waals surface area contributed by atoms with Crippen molar-refractivity contribution in [2.45, 2.75) is 64.5 Å². The van der Waals surface area contributed by atoms with Gasteiger partial charge in [0.25, 0.3) is 5.91 Å². The van der Waals surface area contributed by atoms with Gasteiger partial charge in [0.1, 0.15) is 16.5 Å². The highest BCUT2D eigenvalue weighted by Crippen LogP contribution is 2.35. The smallest absolute Gasteiger partial charge is 0.266 e. The quantitative estimate of drug-likeness (QED) is 0.601. The second-order valence-corrected chi connectivity index (χ2v) is 9.50. The van der Waals surface area contributed by atoms with E-state index in [1.807, 2.05) is 11.8 Å². The van der Waals surface area contributed by atoms with Crippen LogP contribution in [-0.2, 0) is 19.4 Å². The van der Waals surface area contributed by atoms with Gasteiger partial charge in [0.15, 0.2) is 5.82 Å². The summed E-state index contributed by atoms with van der Waals surface area (Å²) in [7, 11) is 0. The molecule has 0 radical (unpaired) electrons. The number of thiazole rings is 1. The summed E-state index contributed by atoms with van der Waals surface area (Å²) >= 11 is 1.45. The van der Waals surface area contributed by atoms with Crippen LogP contribution < -0.4 is 0 Å². The van der Waals surface area contributed by atoms with E-state index in [1.54, 1.807) is 12.1 Å². The zero-order valence-electron chi connectivity index (χ0n) is 17.7. The number of carbonyl (C=O) groups is 1. The first-order chi connectivity index (χ1) is 15.1. The Morgan fingerprint density at radius 3 is 2.81 bits per heavy atom. The van der Waals surface area contributed by atoms with Crippen molar-refractivity contribution < 1.29 is 9.18 Å². The summed E-state index contributed by atoms with van der Waals surface area (Å²) < 4.78 is 15.4. The van der Waals surface area contributed by atoms with Crippen LogP contribution in [0.4, 0.5) is 4.39 Å². The van der Waals surface area contributed by atoms with Gasteiger partial charge in [-0.25, -0.2) is 9.37 Å². The highest BCUT2D eigenvalue weighted by molar-refractivity contribution is 7.13. The van der Waals surface area contributed by atoms with Crippen LogP contribution in [0.2, 0.25) is 0 Å². The molecule has 1 saturated heterocycles. The lowest BCUT2D eigenvalue weighted by molar-refractivity contribution is 0.0731. The van der Waals surface area contributed by atoms with E-state index in [0.29, 0.717) is 11.3 Å². The number of rotatable bonds is 4. The molecule has 1 aromatic carbocycles. The van der Waals surface area contributed by atoms with Crippen molar-refractivity contribution in [1.82, 2.24) is 24.6 Å². The molecular weight excluding hydrogens is 413 g/mol. The summed E-state index contributed by atoms with van der Waals surface area (Å²) in [5.41, 5.74) is 1.75. The molecule has 6 nitrogen and oxygen atoms in total. The minimum absolute atomic E-state index is 0.0195. The number of fused-ring (bicyclic) bond motifs is 1. The zero-order valence-corrected chi connectivity index (χ0v) is 18.5. The summed E-state index contributed by atoms with van der Waals surface area (Å²) in [5.74, 6) is 1.79. The first-order valence-corrected chi connectivity index (χ1v) is 11.9. The van der Waals surface area contributed by atoms with Gasteiger partial charge in [-0.2, -0.15) is 0 Å². The van der Waals surface area contributed by atoms with Gasteiger partial charge in [-0.05, 0) is 50.3 Å². The molecule has 1 fully saturated rings. The maximum absolute atomic E-state index is 13.5. The molecular formula is C23H26FN5OS. The summed E-state index contributed by atoms with van der Waals surface area (Å²) in [6, 6.07) is 6.42. The Hall–Kier alpha value is -2.61. The third-order valence-corrected chi connectivity index (χ3v) is 7.40. The predicted octanol–water partition coefficient (Wildman–Crippen LogP) is 4.48. The number of nitrogens with zero attached hydrogens (tertiary/aromatic N) is 5. The van der Waals surface area contributed by atoms with Gasteiger partial charge in [-0.1, -0.05) is 18.6 Å². The molecule has 4 heterocycles. The van der Waals surface area contributed by atoms with Crippen molar-refractivity contribution in [1.29, 1.82) is 0 Å². The number of aromatic nitrogens is 4. The van der Waals surface area contributed by atoms with Gasteiger partial charge >= 0.3 is 0 Å². The first-order valence-electron chi connectivity index (χ1n) is 11.0. The van der Waals surface area contributed by atoms with E-state index in [1.165, 1.54) is 29.9 Å². The predicted molar refractivity (Wildman–Crippen MR) is 117 cm³/mol. The molecule has 0 spiro atoms. The molecule has 1 amide bonds. The topological polar surface area (TPSA) is 63.9 Å². The average Bonchev–Trinajstić information content (AvgIpc) is 3.44. The van der Waals surface area contributed by atoms with Crippen LogP contribution in [0.1, 0.15) is 75.7 Å². The van der Waals surface area contributed by atoms with E-state index in [2.05, 4.69) is 19.7 Å². The molecule has 2 aromatic heterocycles. The van der Waals surface area contributed by atoms with Gasteiger partial charge < -0.3 is 9.47 Å². The molecule has 8 heteroatoms. The van der Waals surface area contributed by atoms with E-state index in [4.69, 9.17) is 0 Å².